The van der Waals surface area contributed by atoms with Crippen LogP contribution in [0.3, 0.4) is 0 Å². The van der Waals surface area contributed by atoms with Gasteiger partial charge in [0.05, 0.1) is 17.4 Å². The van der Waals surface area contributed by atoms with Gasteiger partial charge in [-0.1, -0.05) is 6.07 Å². The number of aromatic nitrogens is 4. The van der Waals surface area contributed by atoms with Gasteiger partial charge in [-0.05, 0) is 19.1 Å². The first-order valence-corrected chi connectivity index (χ1v) is 7.93. The molecule has 3 aromatic rings. The summed E-state index contributed by atoms with van der Waals surface area (Å²) in [7, 11) is -3.91. The lowest BCUT2D eigenvalue weighted by Gasteiger charge is -2.06. The van der Waals surface area contributed by atoms with Crippen LogP contribution in [-0.2, 0) is 10.0 Å². The molecule has 0 unspecified atom stereocenters. The smallest absolute Gasteiger partial charge is 0.265 e. The molecule has 0 aliphatic heterocycles. The van der Waals surface area contributed by atoms with Crippen LogP contribution < -0.4 is 4.72 Å². The van der Waals surface area contributed by atoms with Crippen molar-refractivity contribution in [3.8, 4) is 6.07 Å². The minimum Gasteiger partial charge on any atom is -0.279 e. The maximum atomic E-state index is 12.5. The molecule has 106 valence electrons. The highest BCUT2D eigenvalue weighted by Crippen LogP contribution is 2.24. The highest BCUT2D eigenvalue weighted by Gasteiger charge is 2.22. The average Bonchev–Trinajstić information content (AvgIpc) is 3.04. The summed E-state index contributed by atoms with van der Waals surface area (Å²) in [5, 5.41) is 15.4. The summed E-state index contributed by atoms with van der Waals surface area (Å²) >= 11 is 0.935. The van der Waals surface area contributed by atoms with Crippen molar-refractivity contribution in [3.63, 3.8) is 0 Å². The van der Waals surface area contributed by atoms with Gasteiger partial charge in [0.1, 0.15) is 27.6 Å². The van der Waals surface area contributed by atoms with E-state index in [2.05, 4.69) is 23.7 Å². The summed E-state index contributed by atoms with van der Waals surface area (Å²) in [4.78, 5) is -0.00158. The van der Waals surface area contributed by atoms with Crippen molar-refractivity contribution in [2.45, 2.75) is 11.8 Å². The molecular weight excluding hydrogens is 312 g/mol. The van der Waals surface area contributed by atoms with Gasteiger partial charge in [0.25, 0.3) is 10.0 Å². The van der Waals surface area contributed by atoms with Crippen LogP contribution >= 0.6 is 11.7 Å². The van der Waals surface area contributed by atoms with Gasteiger partial charge in [-0.2, -0.15) is 19.1 Å². The number of fused-ring (bicyclic) bond motifs is 1. The standard InChI is InChI=1S/C11H8N6O2S2/c1-6-7(5-12)11(14-13-6)17-21(18,19)9-4-2-3-8-10(9)16-20-15-8/h2-4H,1H3,(H2,13,14,17). The van der Waals surface area contributed by atoms with Gasteiger partial charge in [-0.15, -0.1) is 0 Å². The number of H-pyrrole nitrogens is 1. The number of nitrogens with one attached hydrogen (secondary N) is 2. The van der Waals surface area contributed by atoms with Gasteiger partial charge >= 0.3 is 0 Å². The number of benzene rings is 1. The fraction of sp³-hybridized carbons (Fsp3) is 0.0909. The summed E-state index contributed by atoms with van der Waals surface area (Å²) in [5.41, 5.74) is 1.44. The zero-order valence-corrected chi connectivity index (χ0v) is 12.3. The molecule has 3 rings (SSSR count). The SMILES string of the molecule is Cc1[nH]nc(NS(=O)(=O)c2cccc3nsnc23)c1C#N. The lowest BCUT2D eigenvalue weighted by molar-refractivity contribution is 0.601. The quantitative estimate of drug-likeness (QED) is 0.751. The maximum Gasteiger partial charge on any atom is 0.265 e. The Morgan fingerprint density at radius 2 is 2.19 bits per heavy atom. The summed E-state index contributed by atoms with van der Waals surface area (Å²) in [6, 6.07) is 6.59. The second-order valence-corrected chi connectivity index (χ2v) is 6.36. The molecule has 8 nitrogen and oxygen atoms in total. The van der Waals surface area contributed by atoms with E-state index >= 15 is 0 Å². The molecule has 2 N–H and O–H groups in total. The number of hydrogen-bond acceptors (Lipinski definition) is 7. The Hall–Kier alpha value is -2.51. The van der Waals surface area contributed by atoms with E-state index < -0.39 is 10.0 Å². The number of aromatic amines is 1. The van der Waals surface area contributed by atoms with Crippen molar-refractivity contribution >= 4 is 38.6 Å². The third kappa shape index (κ3) is 2.22. The van der Waals surface area contributed by atoms with Crippen molar-refractivity contribution in [2.24, 2.45) is 0 Å². The van der Waals surface area contributed by atoms with E-state index in [0.29, 0.717) is 16.7 Å². The third-order valence-corrected chi connectivity index (χ3v) is 4.74. The van der Waals surface area contributed by atoms with Gasteiger partial charge in [-0.3, -0.25) is 9.82 Å². The Bertz CT molecular complexity index is 966. The molecule has 10 heteroatoms. The first-order chi connectivity index (χ1) is 10.0. The van der Waals surface area contributed by atoms with Gasteiger partial charge in [0, 0.05) is 0 Å². The van der Waals surface area contributed by atoms with Crippen LogP contribution in [0.25, 0.3) is 11.0 Å². The molecule has 0 amide bonds. The number of nitriles is 1. The molecule has 0 aliphatic carbocycles. The molecule has 2 aromatic heterocycles. The number of nitrogens with zero attached hydrogens (tertiary/aromatic N) is 4. The maximum absolute atomic E-state index is 12.5. The Labute approximate surface area is 123 Å². The zero-order chi connectivity index (χ0) is 15.0. The van der Waals surface area contributed by atoms with Crippen LogP contribution in [0.5, 0.6) is 0 Å². The summed E-state index contributed by atoms with van der Waals surface area (Å²) in [6.45, 7) is 1.63. The molecule has 0 atom stereocenters. The number of anilines is 1. The fourth-order valence-electron chi connectivity index (χ4n) is 1.82. The van der Waals surface area contributed by atoms with Crippen molar-refractivity contribution in [1.29, 1.82) is 5.26 Å². The zero-order valence-electron chi connectivity index (χ0n) is 10.7. The van der Waals surface area contributed by atoms with E-state index in [0.717, 1.165) is 11.7 Å². The van der Waals surface area contributed by atoms with E-state index in [1.165, 1.54) is 6.07 Å². The molecule has 1 aromatic carbocycles. The summed E-state index contributed by atoms with van der Waals surface area (Å²) < 4.78 is 35.2. The second-order valence-electron chi connectivity index (χ2n) is 4.18. The van der Waals surface area contributed by atoms with Crippen LogP contribution in [0.4, 0.5) is 5.82 Å². The van der Waals surface area contributed by atoms with E-state index in [9.17, 15) is 8.42 Å². The number of rotatable bonds is 3. The topological polar surface area (TPSA) is 124 Å². The van der Waals surface area contributed by atoms with Gasteiger partial charge in [-0.25, -0.2) is 8.42 Å². The Balaban J connectivity index is 2.09. The molecule has 0 fully saturated rings. The molecule has 2 heterocycles. The molecule has 0 radical (unpaired) electrons. The third-order valence-electron chi connectivity index (χ3n) is 2.83. The molecule has 0 bridgehead atoms. The van der Waals surface area contributed by atoms with Crippen molar-refractivity contribution in [1.82, 2.24) is 18.9 Å². The number of aryl methyl sites for hydroxylation is 1. The lowest BCUT2D eigenvalue weighted by atomic mass is 10.3. The van der Waals surface area contributed by atoms with Crippen LogP contribution in [0.15, 0.2) is 23.1 Å². The number of sulfonamides is 1. The monoisotopic (exact) mass is 320 g/mol. The van der Waals surface area contributed by atoms with Gasteiger partial charge in [0.2, 0.25) is 0 Å². The van der Waals surface area contributed by atoms with Crippen LogP contribution in [0, 0.1) is 18.3 Å². The minimum absolute atomic E-state index is 0.00158. The van der Waals surface area contributed by atoms with Crippen molar-refractivity contribution in [3.05, 3.63) is 29.5 Å². The van der Waals surface area contributed by atoms with Gasteiger partial charge < -0.3 is 0 Å². The van der Waals surface area contributed by atoms with E-state index in [-0.39, 0.29) is 16.3 Å². The largest absolute Gasteiger partial charge is 0.279 e. The average molecular weight is 320 g/mol. The van der Waals surface area contributed by atoms with Crippen LogP contribution in [0.1, 0.15) is 11.3 Å². The molecule has 21 heavy (non-hydrogen) atoms. The predicted octanol–water partition coefficient (Wildman–Crippen LogP) is 1.40. The molecule has 0 aliphatic rings. The lowest BCUT2D eigenvalue weighted by Crippen LogP contribution is -2.14. The Morgan fingerprint density at radius 3 is 2.95 bits per heavy atom. The normalized spacial score (nSPS) is 11.4. The first-order valence-electron chi connectivity index (χ1n) is 5.72. The Morgan fingerprint density at radius 1 is 1.38 bits per heavy atom. The molecule has 0 saturated carbocycles. The van der Waals surface area contributed by atoms with E-state index in [1.807, 2.05) is 6.07 Å². The van der Waals surface area contributed by atoms with Crippen molar-refractivity contribution in [2.75, 3.05) is 4.72 Å². The minimum atomic E-state index is -3.91. The molecule has 0 saturated heterocycles. The number of hydrogen-bond donors (Lipinski definition) is 2. The molecular formula is C11H8N6O2S2. The predicted molar refractivity (Wildman–Crippen MR) is 76.3 cm³/mol. The summed E-state index contributed by atoms with van der Waals surface area (Å²) in [5.74, 6) is -0.0322. The highest BCUT2D eigenvalue weighted by molar-refractivity contribution is 7.93. The van der Waals surface area contributed by atoms with E-state index in [1.54, 1.807) is 19.1 Å². The van der Waals surface area contributed by atoms with Crippen LogP contribution in [-0.4, -0.2) is 27.4 Å². The van der Waals surface area contributed by atoms with E-state index in [4.69, 9.17) is 5.26 Å². The summed E-state index contributed by atoms with van der Waals surface area (Å²) in [6.07, 6.45) is 0. The highest BCUT2D eigenvalue weighted by atomic mass is 32.2. The van der Waals surface area contributed by atoms with Crippen LogP contribution in [0.2, 0.25) is 0 Å². The van der Waals surface area contributed by atoms with Gasteiger partial charge in [0.15, 0.2) is 5.82 Å². The first kappa shape index (κ1) is 13.5. The fourth-order valence-corrected chi connectivity index (χ4v) is 3.60. The Kier molecular flexibility index (Phi) is 3.08. The second kappa shape index (κ2) is 4.80. The molecule has 0 spiro atoms. The van der Waals surface area contributed by atoms with Crippen molar-refractivity contribution < 1.29 is 8.42 Å².